The highest BCUT2D eigenvalue weighted by Crippen LogP contribution is 2.10. The van der Waals surface area contributed by atoms with E-state index < -0.39 is 0 Å². The van der Waals surface area contributed by atoms with Crippen molar-refractivity contribution < 1.29 is 0 Å². The molecule has 0 aromatic carbocycles. The Kier molecular flexibility index (Phi) is 23.7. The van der Waals surface area contributed by atoms with Crippen LogP contribution < -0.4 is 0 Å². The largest absolute Gasteiger partial charge is 0.309 e. The second kappa shape index (κ2) is 21.3. The quantitative estimate of drug-likeness (QED) is 0.220. The average Bonchev–Trinajstić information content (AvgIpc) is 2.44. The molecule has 0 fully saturated rings. The summed E-state index contributed by atoms with van der Waals surface area (Å²) in [6.45, 7) is 6.99. The number of hydrogen-bond donors (Lipinski definition) is 0. The molecule has 0 aliphatic rings. The lowest BCUT2D eigenvalue weighted by Gasteiger charge is -2.04. The van der Waals surface area contributed by atoms with E-state index in [1.165, 1.54) is 64.2 Å². The zero-order valence-corrected chi connectivity index (χ0v) is 15.1. The van der Waals surface area contributed by atoms with Gasteiger partial charge in [-0.1, -0.05) is 70.8 Å². The van der Waals surface area contributed by atoms with Gasteiger partial charge in [-0.3, -0.25) is 0 Å². The summed E-state index contributed by atoms with van der Waals surface area (Å²) in [5.41, 5.74) is 0. The van der Waals surface area contributed by atoms with Crippen molar-refractivity contribution in [1.29, 1.82) is 0 Å². The van der Waals surface area contributed by atoms with E-state index in [-0.39, 0.29) is 0 Å². The molecule has 0 spiro atoms. The highest BCUT2D eigenvalue weighted by Gasteiger charge is 1.91. The number of unbranched alkanes of at least 4 members (excludes halogenated alkanes) is 9. The standard InChI is InChI=1S/C12H25Cl.C6H13N/c1-2-3-4-5-6-7-8-9-10-11-12-13;1-4-5-6-7(2)3/h2-12H2,1H3;4H,1,5-6H2,2-3H3. The number of alkyl halides is 1. The summed E-state index contributed by atoms with van der Waals surface area (Å²) >= 11 is 5.60. The zero-order valence-electron chi connectivity index (χ0n) is 14.3. The Labute approximate surface area is 133 Å². The molecule has 0 unspecified atom stereocenters. The SMILES string of the molecule is C=CCCN(C)C.CCCCCCCCCCCCCl. The first kappa shape index (κ1) is 22.3. The van der Waals surface area contributed by atoms with E-state index in [2.05, 4.69) is 32.5 Å². The van der Waals surface area contributed by atoms with Crippen LogP contribution in [-0.2, 0) is 0 Å². The Hall–Kier alpha value is -0.0100. The lowest BCUT2D eigenvalue weighted by atomic mass is 10.1. The van der Waals surface area contributed by atoms with Gasteiger partial charge in [0.05, 0.1) is 0 Å². The van der Waals surface area contributed by atoms with Gasteiger partial charge < -0.3 is 4.90 Å². The molecule has 0 saturated carbocycles. The van der Waals surface area contributed by atoms with Crippen LogP contribution in [0.4, 0.5) is 0 Å². The Morgan fingerprint density at radius 2 is 1.30 bits per heavy atom. The van der Waals surface area contributed by atoms with Crippen LogP contribution in [0.25, 0.3) is 0 Å². The van der Waals surface area contributed by atoms with Gasteiger partial charge in [0.15, 0.2) is 0 Å². The van der Waals surface area contributed by atoms with Gasteiger partial charge in [0.2, 0.25) is 0 Å². The third-order valence-corrected chi connectivity index (χ3v) is 3.53. The number of rotatable bonds is 13. The van der Waals surface area contributed by atoms with Crippen LogP contribution >= 0.6 is 11.6 Å². The summed E-state index contributed by atoms with van der Waals surface area (Å²) in [4.78, 5) is 2.14. The molecule has 0 aliphatic heterocycles. The van der Waals surface area contributed by atoms with Crippen LogP contribution in [-0.4, -0.2) is 31.4 Å². The smallest absolute Gasteiger partial charge is 0.0223 e. The monoisotopic (exact) mass is 303 g/mol. The third-order valence-electron chi connectivity index (χ3n) is 3.27. The minimum absolute atomic E-state index is 0.844. The van der Waals surface area contributed by atoms with E-state index in [9.17, 15) is 0 Å². The molecule has 122 valence electrons. The molecule has 0 amide bonds. The summed E-state index contributed by atoms with van der Waals surface area (Å²) < 4.78 is 0. The Morgan fingerprint density at radius 3 is 1.60 bits per heavy atom. The van der Waals surface area contributed by atoms with Gasteiger partial charge in [-0.25, -0.2) is 0 Å². The molecule has 2 heteroatoms. The Morgan fingerprint density at radius 1 is 0.850 bits per heavy atom. The van der Waals surface area contributed by atoms with Crippen molar-refractivity contribution in [3.05, 3.63) is 12.7 Å². The van der Waals surface area contributed by atoms with Crippen molar-refractivity contribution in [2.75, 3.05) is 26.5 Å². The molecule has 0 saturated heterocycles. The van der Waals surface area contributed by atoms with E-state index in [0.29, 0.717) is 0 Å². The van der Waals surface area contributed by atoms with Gasteiger partial charge in [0.25, 0.3) is 0 Å². The highest BCUT2D eigenvalue weighted by atomic mass is 35.5. The van der Waals surface area contributed by atoms with Crippen molar-refractivity contribution in [3.8, 4) is 0 Å². The van der Waals surface area contributed by atoms with Gasteiger partial charge in [-0.2, -0.15) is 0 Å². The topological polar surface area (TPSA) is 3.24 Å². The fourth-order valence-electron chi connectivity index (χ4n) is 1.93. The van der Waals surface area contributed by atoms with Crippen molar-refractivity contribution in [2.24, 2.45) is 0 Å². The first-order valence-electron chi connectivity index (χ1n) is 8.50. The number of hydrogen-bond acceptors (Lipinski definition) is 1. The lowest BCUT2D eigenvalue weighted by molar-refractivity contribution is 0.417. The van der Waals surface area contributed by atoms with Crippen LogP contribution in [0, 0.1) is 0 Å². The van der Waals surface area contributed by atoms with Crippen LogP contribution in [0.15, 0.2) is 12.7 Å². The molecule has 20 heavy (non-hydrogen) atoms. The van der Waals surface area contributed by atoms with E-state index in [4.69, 9.17) is 11.6 Å². The third kappa shape index (κ3) is 26.5. The fraction of sp³-hybridized carbons (Fsp3) is 0.889. The Balaban J connectivity index is 0. The van der Waals surface area contributed by atoms with Crippen LogP contribution in [0.3, 0.4) is 0 Å². The van der Waals surface area contributed by atoms with Crippen LogP contribution in [0.1, 0.15) is 77.6 Å². The van der Waals surface area contributed by atoms with Gasteiger partial charge >= 0.3 is 0 Å². The minimum Gasteiger partial charge on any atom is -0.309 e. The Bertz CT molecular complexity index is 159. The highest BCUT2D eigenvalue weighted by molar-refractivity contribution is 6.17. The summed E-state index contributed by atoms with van der Waals surface area (Å²) in [6, 6.07) is 0. The molecule has 0 radical (unpaired) electrons. The molecular weight excluding hydrogens is 266 g/mol. The van der Waals surface area contributed by atoms with E-state index in [0.717, 1.165) is 18.8 Å². The van der Waals surface area contributed by atoms with Crippen molar-refractivity contribution >= 4 is 11.6 Å². The predicted molar refractivity (Wildman–Crippen MR) is 95.9 cm³/mol. The molecule has 0 bridgehead atoms. The van der Waals surface area contributed by atoms with Gasteiger partial charge in [0, 0.05) is 12.4 Å². The lowest BCUT2D eigenvalue weighted by Crippen LogP contribution is -2.11. The minimum atomic E-state index is 0.844. The molecule has 0 N–H and O–H groups in total. The molecule has 0 atom stereocenters. The maximum absolute atomic E-state index is 5.60. The molecular formula is C18H38ClN. The van der Waals surface area contributed by atoms with Crippen molar-refractivity contribution in [2.45, 2.75) is 77.6 Å². The molecule has 1 nitrogen and oxygen atoms in total. The maximum atomic E-state index is 5.60. The zero-order chi connectivity index (χ0) is 15.5. The van der Waals surface area contributed by atoms with E-state index in [1.54, 1.807) is 0 Å². The summed E-state index contributed by atoms with van der Waals surface area (Å²) in [5, 5.41) is 0. The van der Waals surface area contributed by atoms with E-state index >= 15 is 0 Å². The first-order chi connectivity index (χ1) is 9.68. The fourth-order valence-corrected chi connectivity index (χ4v) is 2.12. The molecule has 0 aromatic heterocycles. The summed E-state index contributed by atoms with van der Waals surface area (Å²) in [5.74, 6) is 0.844. The van der Waals surface area contributed by atoms with Gasteiger partial charge in [-0.05, 0) is 26.9 Å². The second-order valence-corrected chi connectivity index (χ2v) is 6.13. The predicted octanol–water partition coefficient (Wildman–Crippen LogP) is 6.27. The van der Waals surface area contributed by atoms with Gasteiger partial charge in [0.1, 0.15) is 0 Å². The average molecular weight is 304 g/mol. The molecule has 0 rings (SSSR count). The maximum Gasteiger partial charge on any atom is 0.0223 e. The van der Waals surface area contributed by atoms with Crippen molar-refractivity contribution in [1.82, 2.24) is 4.90 Å². The van der Waals surface area contributed by atoms with Crippen molar-refractivity contribution in [3.63, 3.8) is 0 Å². The van der Waals surface area contributed by atoms with Gasteiger partial charge in [-0.15, -0.1) is 18.2 Å². The number of nitrogens with zero attached hydrogens (tertiary/aromatic N) is 1. The van der Waals surface area contributed by atoms with Crippen LogP contribution in [0.2, 0.25) is 0 Å². The summed E-state index contributed by atoms with van der Waals surface area (Å²) in [6.07, 6.45) is 16.9. The van der Waals surface area contributed by atoms with E-state index in [1.807, 2.05) is 6.08 Å². The molecule has 0 heterocycles. The molecule has 0 aliphatic carbocycles. The summed E-state index contributed by atoms with van der Waals surface area (Å²) in [7, 11) is 4.12. The second-order valence-electron chi connectivity index (χ2n) is 5.75. The first-order valence-corrected chi connectivity index (χ1v) is 9.04. The molecule has 0 aromatic rings. The van der Waals surface area contributed by atoms with Crippen LogP contribution in [0.5, 0.6) is 0 Å². The number of halogens is 1. The normalized spacial score (nSPS) is 10.2.